The van der Waals surface area contributed by atoms with Crippen molar-refractivity contribution in [2.45, 2.75) is 6.92 Å². The van der Waals surface area contributed by atoms with Crippen LogP contribution in [0.1, 0.15) is 6.92 Å². The maximum absolute atomic E-state index is 10.1. The Bertz CT molecular complexity index is 128. The Morgan fingerprint density at radius 3 is 2.71 bits per heavy atom. The molecule has 3 heteroatoms. The van der Waals surface area contributed by atoms with E-state index in [0.29, 0.717) is 5.90 Å². The van der Waals surface area contributed by atoms with Crippen LogP contribution < -0.4 is 0 Å². The smallest absolute Gasteiger partial charge is 0.334 e. The molecular weight excluding hydrogens is 94.0 g/mol. The summed E-state index contributed by atoms with van der Waals surface area (Å²) in [4.78, 5) is 13.8. The SMILES string of the molecule is CC1=NCC(=O)O1. The van der Waals surface area contributed by atoms with E-state index < -0.39 is 0 Å². The summed E-state index contributed by atoms with van der Waals surface area (Å²) >= 11 is 0. The molecule has 1 aliphatic heterocycles. The van der Waals surface area contributed by atoms with Crippen LogP contribution in [0.2, 0.25) is 0 Å². The van der Waals surface area contributed by atoms with Gasteiger partial charge in [-0.3, -0.25) is 0 Å². The van der Waals surface area contributed by atoms with Crippen LogP contribution in [0.5, 0.6) is 0 Å². The number of aliphatic imine (C=N–C) groups is 1. The molecule has 0 aromatic heterocycles. The van der Waals surface area contributed by atoms with Crippen molar-refractivity contribution in [2.75, 3.05) is 6.54 Å². The summed E-state index contributed by atoms with van der Waals surface area (Å²) in [5.41, 5.74) is 0. The van der Waals surface area contributed by atoms with Gasteiger partial charge in [0.05, 0.1) is 0 Å². The van der Waals surface area contributed by atoms with E-state index in [4.69, 9.17) is 0 Å². The third-order valence-electron chi connectivity index (χ3n) is 0.692. The van der Waals surface area contributed by atoms with Gasteiger partial charge in [-0.1, -0.05) is 0 Å². The standard InChI is InChI=1S/C4H5NO2/c1-3-5-2-4(6)7-3/h2H2,1H3. The number of esters is 1. The fraction of sp³-hybridized carbons (Fsp3) is 0.500. The second kappa shape index (κ2) is 1.33. The molecule has 0 N–H and O–H groups in total. The Balaban J connectivity index is 2.58. The minimum atomic E-state index is -0.252. The molecule has 0 bridgehead atoms. The van der Waals surface area contributed by atoms with E-state index in [-0.39, 0.29) is 12.5 Å². The Labute approximate surface area is 41.0 Å². The third-order valence-corrected chi connectivity index (χ3v) is 0.692. The minimum Gasteiger partial charge on any atom is -0.411 e. The van der Waals surface area contributed by atoms with Gasteiger partial charge in [0.2, 0.25) is 0 Å². The van der Waals surface area contributed by atoms with E-state index >= 15 is 0 Å². The van der Waals surface area contributed by atoms with Crippen LogP contribution in [-0.4, -0.2) is 18.4 Å². The number of hydrogen-bond acceptors (Lipinski definition) is 3. The van der Waals surface area contributed by atoms with E-state index in [9.17, 15) is 4.79 Å². The number of ether oxygens (including phenoxy) is 1. The van der Waals surface area contributed by atoms with Crippen molar-refractivity contribution in [3.05, 3.63) is 0 Å². The van der Waals surface area contributed by atoms with Gasteiger partial charge in [-0.05, 0) is 0 Å². The quantitative estimate of drug-likeness (QED) is 0.400. The molecule has 0 amide bonds. The van der Waals surface area contributed by atoms with Crippen molar-refractivity contribution in [3.8, 4) is 0 Å². The summed E-state index contributed by atoms with van der Waals surface area (Å²) in [6.45, 7) is 1.86. The average Bonchev–Trinajstić information content (AvgIpc) is 1.87. The summed E-state index contributed by atoms with van der Waals surface area (Å²) in [5.74, 6) is 0.225. The molecule has 0 aliphatic carbocycles. The Hall–Kier alpha value is -0.860. The number of cyclic esters (lactones) is 1. The van der Waals surface area contributed by atoms with E-state index in [2.05, 4.69) is 9.73 Å². The molecule has 0 fully saturated rings. The van der Waals surface area contributed by atoms with E-state index in [1.165, 1.54) is 0 Å². The molecule has 0 saturated carbocycles. The van der Waals surface area contributed by atoms with Gasteiger partial charge in [0, 0.05) is 6.92 Å². The highest BCUT2D eigenvalue weighted by atomic mass is 16.5. The van der Waals surface area contributed by atoms with Crippen LogP contribution in [0.4, 0.5) is 0 Å². The van der Waals surface area contributed by atoms with Crippen LogP contribution in [0, 0.1) is 0 Å². The molecule has 1 heterocycles. The molecule has 0 radical (unpaired) electrons. The lowest BCUT2D eigenvalue weighted by Crippen LogP contribution is -2.00. The highest BCUT2D eigenvalue weighted by molar-refractivity contribution is 5.93. The van der Waals surface area contributed by atoms with Crippen molar-refractivity contribution in [1.82, 2.24) is 0 Å². The van der Waals surface area contributed by atoms with Crippen molar-refractivity contribution in [1.29, 1.82) is 0 Å². The lowest BCUT2D eigenvalue weighted by atomic mass is 10.7. The highest BCUT2D eigenvalue weighted by Gasteiger charge is 2.09. The summed E-state index contributed by atoms with van der Waals surface area (Å²) in [7, 11) is 0. The number of hydrogen-bond donors (Lipinski definition) is 0. The topological polar surface area (TPSA) is 38.7 Å². The van der Waals surface area contributed by atoms with E-state index in [0.717, 1.165) is 0 Å². The highest BCUT2D eigenvalue weighted by Crippen LogP contribution is 1.92. The van der Waals surface area contributed by atoms with Gasteiger partial charge in [-0.25, -0.2) is 9.79 Å². The molecule has 0 atom stereocenters. The molecule has 0 aromatic rings. The van der Waals surface area contributed by atoms with Crippen LogP contribution >= 0.6 is 0 Å². The number of carbonyl (C=O) groups is 1. The van der Waals surface area contributed by atoms with Gasteiger partial charge in [-0.15, -0.1) is 0 Å². The summed E-state index contributed by atoms with van der Waals surface area (Å²) in [5, 5.41) is 0. The predicted octanol–water partition coefficient (Wildman–Crippen LogP) is -0.0384. The fourth-order valence-electron chi connectivity index (χ4n) is 0.405. The summed E-state index contributed by atoms with van der Waals surface area (Å²) < 4.78 is 4.47. The second-order valence-corrected chi connectivity index (χ2v) is 1.31. The van der Waals surface area contributed by atoms with Crippen molar-refractivity contribution < 1.29 is 9.53 Å². The lowest BCUT2D eigenvalue weighted by molar-refractivity contribution is -0.132. The Morgan fingerprint density at radius 2 is 2.57 bits per heavy atom. The normalized spacial score (nSPS) is 19.0. The van der Waals surface area contributed by atoms with E-state index in [1.807, 2.05) is 0 Å². The third kappa shape index (κ3) is 0.765. The predicted molar refractivity (Wildman–Crippen MR) is 24.1 cm³/mol. The Morgan fingerprint density at radius 1 is 1.86 bits per heavy atom. The second-order valence-electron chi connectivity index (χ2n) is 1.31. The first-order chi connectivity index (χ1) is 3.29. The van der Waals surface area contributed by atoms with Gasteiger partial charge in [0.1, 0.15) is 6.54 Å². The zero-order chi connectivity index (χ0) is 5.28. The van der Waals surface area contributed by atoms with Crippen LogP contribution in [0.25, 0.3) is 0 Å². The molecule has 1 rings (SSSR count). The molecule has 0 spiro atoms. The zero-order valence-corrected chi connectivity index (χ0v) is 3.97. The molecule has 3 nitrogen and oxygen atoms in total. The van der Waals surface area contributed by atoms with Crippen molar-refractivity contribution in [3.63, 3.8) is 0 Å². The molecule has 1 aliphatic rings. The van der Waals surface area contributed by atoms with Crippen molar-refractivity contribution in [2.24, 2.45) is 4.99 Å². The first-order valence-electron chi connectivity index (χ1n) is 2.01. The van der Waals surface area contributed by atoms with Gasteiger partial charge in [-0.2, -0.15) is 0 Å². The maximum atomic E-state index is 10.1. The first-order valence-corrected chi connectivity index (χ1v) is 2.01. The lowest BCUT2D eigenvalue weighted by Gasteiger charge is -1.84. The van der Waals surface area contributed by atoms with Gasteiger partial charge >= 0.3 is 5.97 Å². The molecule has 0 unspecified atom stereocenters. The molecule has 38 valence electrons. The summed E-state index contributed by atoms with van der Waals surface area (Å²) in [6.07, 6.45) is 0. The van der Waals surface area contributed by atoms with Crippen LogP contribution in [0.3, 0.4) is 0 Å². The number of nitrogens with zero attached hydrogens (tertiary/aromatic N) is 1. The van der Waals surface area contributed by atoms with Crippen LogP contribution in [-0.2, 0) is 9.53 Å². The molecule has 0 aromatic carbocycles. The zero-order valence-electron chi connectivity index (χ0n) is 3.97. The number of carbonyl (C=O) groups excluding carboxylic acids is 1. The van der Waals surface area contributed by atoms with E-state index in [1.54, 1.807) is 6.92 Å². The van der Waals surface area contributed by atoms with Gasteiger partial charge < -0.3 is 4.74 Å². The molecular formula is C4H5NO2. The van der Waals surface area contributed by atoms with Crippen LogP contribution in [0.15, 0.2) is 4.99 Å². The number of rotatable bonds is 0. The fourth-order valence-corrected chi connectivity index (χ4v) is 0.405. The van der Waals surface area contributed by atoms with Gasteiger partial charge in [0.15, 0.2) is 5.90 Å². The monoisotopic (exact) mass is 99.0 g/mol. The average molecular weight is 99.1 g/mol. The Kier molecular flexibility index (Phi) is 0.817. The molecule has 7 heavy (non-hydrogen) atoms. The first kappa shape index (κ1) is 4.30. The minimum absolute atomic E-state index is 0.200. The summed E-state index contributed by atoms with van der Waals surface area (Å²) in [6, 6.07) is 0. The molecule has 0 saturated heterocycles. The van der Waals surface area contributed by atoms with Gasteiger partial charge in [0.25, 0.3) is 0 Å². The largest absolute Gasteiger partial charge is 0.411 e. The van der Waals surface area contributed by atoms with Crippen molar-refractivity contribution >= 4 is 11.9 Å². The maximum Gasteiger partial charge on any atom is 0.334 e.